The van der Waals surface area contributed by atoms with Gasteiger partial charge in [0.2, 0.25) is 5.04 Å². The fourth-order valence-corrected chi connectivity index (χ4v) is 3.96. The molecule has 1 fully saturated rings. The molecule has 1 aliphatic rings. The van der Waals surface area contributed by atoms with Gasteiger partial charge in [0.25, 0.3) is 0 Å². The molecule has 0 amide bonds. The van der Waals surface area contributed by atoms with Gasteiger partial charge >= 0.3 is 0 Å². The zero-order valence-corrected chi connectivity index (χ0v) is 14.2. The van der Waals surface area contributed by atoms with Crippen LogP contribution in [0.5, 0.6) is 0 Å². The second-order valence-electron chi connectivity index (χ2n) is 4.95. The van der Waals surface area contributed by atoms with Crippen LogP contribution in [0.25, 0.3) is 0 Å². The van der Waals surface area contributed by atoms with Crippen molar-refractivity contribution in [3.8, 4) is 0 Å². The molecule has 1 saturated heterocycles. The molecule has 2 rings (SSSR count). The molecular weight excluding hydrogens is 326 g/mol. The predicted molar refractivity (Wildman–Crippen MR) is 88.1 cm³/mol. The summed E-state index contributed by atoms with van der Waals surface area (Å²) in [4.78, 5) is 4.49. The first-order chi connectivity index (χ1) is 10.6. The monoisotopic (exact) mass is 345 g/mol. The van der Waals surface area contributed by atoms with Crippen LogP contribution in [0.3, 0.4) is 0 Å². The average Bonchev–Trinajstić information content (AvgIpc) is 2.53. The summed E-state index contributed by atoms with van der Waals surface area (Å²) < 4.78 is 22.5. The van der Waals surface area contributed by atoms with Crippen LogP contribution in [0.1, 0.15) is 36.7 Å². The number of halogens is 1. The molecule has 0 aliphatic carbocycles. The molecule has 0 saturated carbocycles. The molecule has 0 aromatic heterocycles. The second kappa shape index (κ2) is 8.29. The Morgan fingerprint density at radius 1 is 1.36 bits per heavy atom. The number of hydrogen-bond acceptors (Lipinski definition) is 5. The van der Waals surface area contributed by atoms with E-state index in [0.717, 1.165) is 12.8 Å². The van der Waals surface area contributed by atoms with Gasteiger partial charge in [-0.3, -0.25) is 0 Å². The first kappa shape index (κ1) is 17.7. The SMILES string of the molecule is COC(OC)c1ccc(CO)c(N=C2CCCC[S+]2[O-])c1Cl. The van der Waals surface area contributed by atoms with Crippen molar-refractivity contribution in [1.82, 2.24) is 0 Å². The van der Waals surface area contributed by atoms with Crippen LogP contribution >= 0.6 is 11.6 Å². The van der Waals surface area contributed by atoms with Gasteiger partial charge in [0.05, 0.1) is 17.3 Å². The van der Waals surface area contributed by atoms with Crippen LogP contribution in [0, 0.1) is 0 Å². The molecule has 1 heterocycles. The smallest absolute Gasteiger partial charge is 0.220 e. The Labute approximate surface area is 138 Å². The van der Waals surface area contributed by atoms with Crippen molar-refractivity contribution >= 4 is 33.5 Å². The first-order valence-electron chi connectivity index (χ1n) is 7.06. The molecule has 7 heteroatoms. The molecule has 1 aliphatic heterocycles. The fraction of sp³-hybridized carbons (Fsp3) is 0.533. The summed E-state index contributed by atoms with van der Waals surface area (Å²) in [6.07, 6.45) is 1.99. The highest BCUT2D eigenvalue weighted by Gasteiger charge is 2.24. The van der Waals surface area contributed by atoms with Crippen LogP contribution in [-0.4, -0.2) is 34.7 Å². The third-order valence-electron chi connectivity index (χ3n) is 3.55. The van der Waals surface area contributed by atoms with E-state index in [1.54, 1.807) is 12.1 Å². The number of benzene rings is 1. The van der Waals surface area contributed by atoms with Crippen molar-refractivity contribution in [2.45, 2.75) is 32.2 Å². The fourth-order valence-electron chi connectivity index (χ4n) is 2.37. The Bertz CT molecular complexity index is 549. The molecule has 122 valence electrons. The zero-order chi connectivity index (χ0) is 16.1. The Kier molecular flexibility index (Phi) is 6.67. The van der Waals surface area contributed by atoms with Crippen LogP contribution in [0.4, 0.5) is 5.69 Å². The van der Waals surface area contributed by atoms with Crippen LogP contribution in [0.2, 0.25) is 5.02 Å². The number of methoxy groups -OCH3 is 2. The summed E-state index contributed by atoms with van der Waals surface area (Å²) in [5, 5.41) is 10.5. The lowest BCUT2D eigenvalue weighted by Crippen LogP contribution is -2.23. The lowest BCUT2D eigenvalue weighted by atomic mass is 10.1. The minimum absolute atomic E-state index is 0.191. The molecular formula is C15H20ClNO4S. The number of aliphatic hydroxyl groups excluding tert-OH is 1. The van der Waals surface area contributed by atoms with E-state index in [1.807, 2.05) is 0 Å². The van der Waals surface area contributed by atoms with Crippen LogP contribution in [0.15, 0.2) is 17.1 Å². The van der Waals surface area contributed by atoms with E-state index in [2.05, 4.69) is 4.99 Å². The van der Waals surface area contributed by atoms with Gasteiger partial charge < -0.3 is 19.1 Å². The number of hydrogen-bond donors (Lipinski definition) is 1. The average molecular weight is 346 g/mol. The molecule has 0 radical (unpaired) electrons. The summed E-state index contributed by atoms with van der Waals surface area (Å²) in [6, 6.07) is 3.48. The van der Waals surface area contributed by atoms with E-state index >= 15 is 0 Å². The predicted octanol–water partition coefficient (Wildman–Crippen LogP) is 3.09. The van der Waals surface area contributed by atoms with Gasteiger partial charge in [-0.25, -0.2) is 4.99 Å². The molecule has 1 aromatic carbocycles. The largest absolute Gasteiger partial charge is 0.610 e. The highest BCUT2D eigenvalue weighted by molar-refractivity contribution is 8.06. The quantitative estimate of drug-likeness (QED) is 0.657. The maximum atomic E-state index is 12.1. The number of nitrogens with zero attached hydrogens (tertiary/aromatic N) is 1. The van der Waals surface area contributed by atoms with Gasteiger partial charge in [0.15, 0.2) is 6.29 Å². The Morgan fingerprint density at radius 3 is 2.68 bits per heavy atom. The van der Waals surface area contributed by atoms with Gasteiger partial charge in [-0.2, -0.15) is 0 Å². The second-order valence-corrected chi connectivity index (χ2v) is 6.90. The topological polar surface area (TPSA) is 74.1 Å². The third kappa shape index (κ3) is 3.82. The summed E-state index contributed by atoms with van der Waals surface area (Å²) in [5.74, 6) is 0.628. The van der Waals surface area contributed by atoms with E-state index in [0.29, 0.717) is 39.1 Å². The molecule has 1 atom stereocenters. The lowest BCUT2D eigenvalue weighted by Gasteiger charge is -2.20. The van der Waals surface area contributed by atoms with E-state index in [-0.39, 0.29) is 6.61 Å². The standard InChI is InChI=1S/C15H20ClNO4S/c1-20-15(21-2)11-7-6-10(9-18)14(13(11)16)17-12-5-3-4-8-22(12)19/h6-7,15,18H,3-5,8-9H2,1-2H3. The number of aliphatic hydroxyl groups is 1. The summed E-state index contributed by atoms with van der Waals surface area (Å²) in [7, 11) is 3.04. The van der Waals surface area contributed by atoms with Crippen molar-refractivity contribution in [3.05, 3.63) is 28.3 Å². The maximum Gasteiger partial charge on any atom is 0.220 e. The van der Waals surface area contributed by atoms with E-state index in [9.17, 15) is 9.66 Å². The maximum absolute atomic E-state index is 12.1. The summed E-state index contributed by atoms with van der Waals surface area (Å²) in [6.45, 7) is -0.191. The minimum Gasteiger partial charge on any atom is -0.610 e. The summed E-state index contributed by atoms with van der Waals surface area (Å²) in [5.41, 5.74) is 1.67. The minimum atomic E-state index is -1.07. The van der Waals surface area contributed by atoms with Crippen molar-refractivity contribution in [2.24, 2.45) is 4.99 Å². The Morgan fingerprint density at radius 2 is 2.09 bits per heavy atom. The molecule has 0 spiro atoms. The third-order valence-corrected chi connectivity index (χ3v) is 5.43. The molecule has 1 N–H and O–H groups in total. The van der Waals surface area contributed by atoms with Crippen LogP contribution in [-0.2, 0) is 27.3 Å². The van der Waals surface area contributed by atoms with E-state index < -0.39 is 17.5 Å². The molecule has 0 bridgehead atoms. The Hall–Kier alpha value is -0.630. The van der Waals surface area contributed by atoms with Crippen molar-refractivity contribution < 1.29 is 19.1 Å². The molecule has 1 unspecified atom stereocenters. The Balaban J connectivity index is 2.48. The van der Waals surface area contributed by atoms with Gasteiger partial charge in [0, 0.05) is 42.9 Å². The van der Waals surface area contributed by atoms with Crippen LogP contribution < -0.4 is 0 Å². The van der Waals surface area contributed by atoms with Crippen molar-refractivity contribution in [2.75, 3.05) is 20.0 Å². The van der Waals surface area contributed by atoms with E-state index in [1.165, 1.54) is 14.2 Å². The number of rotatable bonds is 5. The highest BCUT2D eigenvalue weighted by Crippen LogP contribution is 2.37. The molecule has 5 nitrogen and oxygen atoms in total. The molecule has 1 aromatic rings. The lowest BCUT2D eigenvalue weighted by molar-refractivity contribution is -0.105. The van der Waals surface area contributed by atoms with Crippen molar-refractivity contribution in [1.29, 1.82) is 0 Å². The van der Waals surface area contributed by atoms with Gasteiger partial charge in [-0.1, -0.05) is 23.7 Å². The normalized spacial score (nSPS) is 20.8. The van der Waals surface area contributed by atoms with Gasteiger partial charge in [-0.15, -0.1) is 0 Å². The highest BCUT2D eigenvalue weighted by atomic mass is 35.5. The van der Waals surface area contributed by atoms with Crippen molar-refractivity contribution in [3.63, 3.8) is 0 Å². The number of ether oxygens (including phenoxy) is 2. The molecule has 22 heavy (non-hydrogen) atoms. The summed E-state index contributed by atoms with van der Waals surface area (Å²) >= 11 is 5.36. The first-order valence-corrected chi connectivity index (χ1v) is 8.75. The van der Waals surface area contributed by atoms with Gasteiger partial charge in [-0.05, 0) is 12.8 Å². The number of aliphatic imine (C=N–C) groups is 1. The van der Waals surface area contributed by atoms with E-state index in [4.69, 9.17) is 21.1 Å². The van der Waals surface area contributed by atoms with Gasteiger partial charge in [0.1, 0.15) is 5.75 Å². The zero-order valence-electron chi connectivity index (χ0n) is 12.7.